The highest BCUT2D eigenvalue weighted by Gasteiger charge is 2.37. The summed E-state index contributed by atoms with van der Waals surface area (Å²) in [7, 11) is 1.48. The van der Waals surface area contributed by atoms with Crippen molar-refractivity contribution in [3.8, 4) is 11.5 Å². The first-order valence-corrected chi connectivity index (χ1v) is 9.70. The predicted octanol–water partition coefficient (Wildman–Crippen LogP) is 4.18. The minimum atomic E-state index is -0.865. The van der Waals surface area contributed by atoms with Crippen LogP contribution in [0, 0.1) is 0 Å². The number of halogens is 2. The molecule has 0 atom stereocenters. The van der Waals surface area contributed by atoms with Crippen LogP contribution in [0.3, 0.4) is 0 Å². The van der Waals surface area contributed by atoms with E-state index in [-0.39, 0.29) is 16.3 Å². The molecule has 29 heavy (non-hydrogen) atoms. The van der Waals surface area contributed by atoms with Crippen LogP contribution < -0.4 is 19.7 Å². The number of imide groups is 2. The van der Waals surface area contributed by atoms with Crippen molar-refractivity contribution in [3.05, 3.63) is 57.0 Å². The zero-order chi connectivity index (χ0) is 21.1. The van der Waals surface area contributed by atoms with Gasteiger partial charge in [0.1, 0.15) is 5.57 Å². The quantitative estimate of drug-likeness (QED) is 0.514. The van der Waals surface area contributed by atoms with Crippen LogP contribution in [0.1, 0.15) is 12.5 Å². The third-order valence-corrected chi connectivity index (χ3v) is 4.96. The molecule has 1 saturated heterocycles. The largest absolute Gasteiger partial charge is 0.493 e. The summed E-state index contributed by atoms with van der Waals surface area (Å²) in [4.78, 5) is 38.4. The maximum absolute atomic E-state index is 13.0. The molecule has 0 spiro atoms. The van der Waals surface area contributed by atoms with E-state index in [0.29, 0.717) is 28.1 Å². The second-order valence-corrected chi connectivity index (χ2v) is 7.14. The smallest absolute Gasteiger partial charge is 0.335 e. The second kappa shape index (κ2) is 8.67. The van der Waals surface area contributed by atoms with Gasteiger partial charge < -0.3 is 9.47 Å². The average molecular weight is 480 g/mol. The van der Waals surface area contributed by atoms with E-state index < -0.39 is 17.8 Å². The van der Waals surface area contributed by atoms with Crippen molar-refractivity contribution in [2.45, 2.75) is 6.92 Å². The molecule has 150 valence electrons. The molecule has 1 aliphatic rings. The van der Waals surface area contributed by atoms with Crippen LogP contribution in [0.15, 0.2) is 46.4 Å². The molecule has 0 aromatic heterocycles. The first kappa shape index (κ1) is 20.9. The Kier molecular flexibility index (Phi) is 6.24. The summed E-state index contributed by atoms with van der Waals surface area (Å²) in [5, 5.41) is 2.37. The number of hydrogen-bond donors (Lipinski definition) is 1. The zero-order valence-electron chi connectivity index (χ0n) is 15.5. The third-order valence-electron chi connectivity index (χ3n) is 4.05. The number of rotatable bonds is 5. The van der Waals surface area contributed by atoms with Gasteiger partial charge in [0.2, 0.25) is 0 Å². The number of amides is 4. The molecule has 0 saturated carbocycles. The third kappa shape index (κ3) is 4.13. The van der Waals surface area contributed by atoms with Gasteiger partial charge in [0.15, 0.2) is 11.5 Å². The number of urea groups is 1. The first-order valence-electron chi connectivity index (χ1n) is 8.53. The Morgan fingerprint density at radius 3 is 2.59 bits per heavy atom. The summed E-state index contributed by atoms with van der Waals surface area (Å²) in [6.07, 6.45) is 1.37. The molecule has 0 bridgehead atoms. The van der Waals surface area contributed by atoms with Gasteiger partial charge in [0.05, 0.1) is 28.9 Å². The summed E-state index contributed by atoms with van der Waals surface area (Å²) >= 11 is 9.53. The summed E-state index contributed by atoms with van der Waals surface area (Å²) in [5.74, 6) is -0.650. The van der Waals surface area contributed by atoms with Gasteiger partial charge in [-0.3, -0.25) is 14.9 Å². The van der Waals surface area contributed by atoms with E-state index in [1.54, 1.807) is 30.3 Å². The van der Waals surface area contributed by atoms with Crippen LogP contribution in [0.25, 0.3) is 6.08 Å². The van der Waals surface area contributed by atoms with Crippen molar-refractivity contribution < 1.29 is 23.9 Å². The highest BCUT2D eigenvalue weighted by molar-refractivity contribution is 9.10. The Morgan fingerprint density at radius 1 is 1.21 bits per heavy atom. The zero-order valence-corrected chi connectivity index (χ0v) is 17.8. The number of nitrogens with one attached hydrogen (secondary N) is 1. The van der Waals surface area contributed by atoms with Crippen molar-refractivity contribution in [1.82, 2.24) is 5.32 Å². The van der Waals surface area contributed by atoms with E-state index in [1.165, 1.54) is 19.3 Å². The number of benzene rings is 2. The molecule has 1 heterocycles. The monoisotopic (exact) mass is 478 g/mol. The minimum Gasteiger partial charge on any atom is -0.493 e. The van der Waals surface area contributed by atoms with Gasteiger partial charge in [0, 0.05) is 0 Å². The Morgan fingerprint density at radius 2 is 1.93 bits per heavy atom. The van der Waals surface area contributed by atoms with Gasteiger partial charge in [-0.25, -0.2) is 9.69 Å². The SMILES string of the molecule is CCOc1c(Br)cc(C=C2C(=O)NC(=O)N(c3ccccc3Cl)C2=O)cc1OC. The molecule has 0 radical (unpaired) electrons. The minimum absolute atomic E-state index is 0.181. The van der Waals surface area contributed by atoms with Gasteiger partial charge in [-0.05, 0) is 58.8 Å². The van der Waals surface area contributed by atoms with Gasteiger partial charge in [-0.2, -0.15) is 0 Å². The molecular weight excluding hydrogens is 464 g/mol. The lowest BCUT2D eigenvalue weighted by Crippen LogP contribution is -2.54. The number of carbonyl (C=O) groups is 3. The van der Waals surface area contributed by atoms with Crippen LogP contribution in [-0.2, 0) is 9.59 Å². The number of methoxy groups -OCH3 is 1. The summed E-state index contributed by atoms with van der Waals surface area (Å²) in [6.45, 7) is 2.28. The van der Waals surface area contributed by atoms with Crippen LogP contribution in [0.4, 0.5) is 10.5 Å². The van der Waals surface area contributed by atoms with Gasteiger partial charge in [-0.15, -0.1) is 0 Å². The second-order valence-electron chi connectivity index (χ2n) is 5.88. The van der Waals surface area contributed by atoms with Gasteiger partial charge in [0.25, 0.3) is 11.8 Å². The number of carbonyl (C=O) groups excluding carboxylic acids is 3. The van der Waals surface area contributed by atoms with Crippen molar-refractivity contribution in [1.29, 1.82) is 0 Å². The number of anilines is 1. The summed E-state index contributed by atoms with van der Waals surface area (Å²) in [6, 6.07) is 8.81. The van der Waals surface area contributed by atoms with Crippen LogP contribution in [-0.4, -0.2) is 31.6 Å². The molecule has 1 fully saturated rings. The van der Waals surface area contributed by atoms with Crippen LogP contribution in [0.2, 0.25) is 5.02 Å². The molecule has 1 aliphatic heterocycles. The Labute approximate surface area is 180 Å². The fourth-order valence-corrected chi connectivity index (χ4v) is 3.58. The number of para-hydroxylation sites is 1. The molecule has 2 aromatic carbocycles. The van der Waals surface area contributed by atoms with Crippen molar-refractivity contribution in [2.75, 3.05) is 18.6 Å². The molecule has 0 aliphatic carbocycles. The molecule has 9 heteroatoms. The average Bonchev–Trinajstić information content (AvgIpc) is 2.68. The fourth-order valence-electron chi connectivity index (χ4n) is 2.78. The van der Waals surface area contributed by atoms with E-state index in [2.05, 4.69) is 21.2 Å². The summed E-state index contributed by atoms with van der Waals surface area (Å²) in [5.41, 5.74) is 0.465. The van der Waals surface area contributed by atoms with E-state index in [0.717, 1.165) is 4.90 Å². The maximum atomic E-state index is 13.0. The lowest BCUT2D eigenvalue weighted by atomic mass is 10.1. The first-order chi connectivity index (χ1) is 13.9. The number of hydrogen-bond acceptors (Lipinski definition) is 5. The van der Waals surface area contributed by atoms with E-state index in [4.69, 9.17) is 21.1 Å². The van der Waals surface area contributed by atoms with Crippen molar-refractivity contribution >= 4 is 57.1 Å². The molecule has 4 amide bonds. The Hall–Kier alpha value is -2.84. The Bertz CT molecular complexity index is 1040. The fraction of sp³-hybridized carbons (Fsp3) is 0.150. The van der Waals surface area contributed by atoms with E-state index in [1.807, 2.05) is 6.92 Å². The molecule has 0 unspecified atom stereocenters. The predicted molar refractivity (Wildman–Crippen MR) is 112 cm³/mol. The highest BCUT2D eigenvalue weighted by Crippen LogP contribution is 2.37. The van der Waals surface area contributed by atoms with Crippen molar-refractivity contribution in [3.63, 3.8) is 0 Å². The standard InChI is InChI=1S/C20H16BrClN2O5/c1-3-29-17-13(21)9-11(10-16(17)28-2)8-12-18(25)23-20(27)24(19(12)26)15-7-5-4-6-14(15)22/h4-10H,3H2,1-2H3,(H,23,25,27). The molecule has 2 aromatic rings. The van der Waals surface area contributed by atoms with Gasteiger partial charge >= 0.3 is 6.03 Å². The molecule has 7 nitrogen and oxygen atoms in total. The lowest BCUT2D eigenvalue weighted by Gasteiger charge is -2.27. The van der Waals surface area contributed by atoms with Gasteiger partial charge in [-0.1, -0.05) is 23.7 Å². The molecule has 1 N–H and O–H groups in total. The Balaban J connectivity index is 2.05. The normalized spacial score (nSPS) is 15.5. The lowest BCUT2D eigenvalue weighted by molar-refractivity contribution is -0.122. The topological polar surface area (TPSA) is 84.9 Å². The van der Waals surface area contributed by atoms with Crippen molar-refractivity contribution in [2.24, 2.45) is 0 Å². The number of nitrogens with zero attached hydrogens (tertiary/aromatic N) is 1. The number of ether oxygens (including phenoxy) is 2. The van der Waals surface area contributed by atoms with Crippen LogP contribution >= 0.6 is 27.5 Å². The van der Waals surface area contributed by atoms with Crippen LogP contribution in [0.5, 0.6) is 11.5 Å². The maximum Gasteiger partial charge on any atom is 0.335 e. The van der Waals surface area contributed by atoms with E-state index >= 15 is 0 Å². The molecular formula is C20H16BrClN2O5. The van der Waals surface area contributed by atoms with E-state index in [9.17, 15) is 14.4 Å². The number of barbiturate groups is 1. The highest BCUT2D eigenvalue weighted by atomic mass is 79.9. The molecule has 3 rings (SSSR count). The summed E-state index contributed by atoms with van der Waals surface area (Å²) < 4.78 is 11.5.